The molecule has 0 aliphatic rings. The van der Waals surface area contributed by atoms with Crippen LogP contribution in [0.5, 0.6) is 5.75 Å². The van der Waals surface area contributed by atoms with Crippen LogP contribution in [0.2, 0.25) is 0 Å². The van der Waals surface area contributed by atoms with Gasteiger partial charge >= 0.3 is 5.97 Å². The zero-order valence-electron chi connectivity index (χ0n) is 10.9. The van der Waals surface area contributed by atoms with Gasteiger partial charge in [0.1, 0.15) is 18.2 Å². The Morgan fingerprint density at radius 3 is 2.75 bits per heavy atom. The van der Waals surface area contributed by atoms with Gasteiger partial charge < -0.3 is 15.6 Å². The summed E-state index contributed by atoms with van der Waals surface area (Å²) in [5.41, 5.74) is 6.81. The summed E-state index contributed by atoms with van der Waals surface area (Å²) in [4.78, 5) is 11.8. The molecule has 0 bridgehead atoms. The van der Waals surface area contributed by atoms with Crippen LogP contribution in [0.1, 0.15) is 21.5 Å². The smallest absolute Gasteiger partial charge is 0.338 e. The van der Waals surface area contributed by atoms with Crippen molar-refractivity contribution >= 4 is 11.7 Å². The molecule has 20 heavy (non-hydrogen) atoms. The van der Waals surface area contributed by atoms with Gasteiger partial charge in [-0.1, -0.05) is 12.1 Å². The van der Waals surface area contributed by atoms with E-state index in [9.17, 15) is 14.3 Å². The largest absolute Gasteiger partial charge is 0.508 e. The van der Waals surface area contributed by atoms with Crippen LogP contribution < -0.4 is 5.73 Å². The molecule has 0 spiro atoms. The lowest BCUT2D eigenvalue weighted by Gasteiger charge is -2.08. The van der Waals surface area contributed by atoms with Gasteiger partial charge in [-0.3, -0.25) is 0 Å². The Kier molecular flexibility index (Phi) is 3.89. The van der Waals surface area contributed by atoms with Gasteiger partial charge in [0.2, 0.25) is 0 Å². The van der Waals surface area contributed by atoms with Crippen molar-refractivity contribution in [2.45, 2.75) is 13.5 Å². The number of anilines is 1. The van der Waals surface area contributed by atoms with Crippen LogP contribution in [0.3, 0.4) is 0 Å². The highest BCUT2D eigenvalue weighted by atomic mass is 19.1. The van der Waals surface area contributed by atoms with Gasteiger partial charge in [-0.15, -0.1) is 0 Å². The summed E-state index contributed by atoms with van der Waals surface area (Å²) >= 11 is 0. The minimum atomic E-state index is -0.668. The number of hydrogen-bond donors (Lipinski definition) is 2. The van der Waals surface area contributed by atoms with E-state index in [2.05, 4.69) is 0 Å². The molecule has 0 heterocycles. The monoisotopic (exact) mass is 275 g/mol. The van der Waals surface area contributed by atoms with E-state index < -0.39 is 11.8 Å². The van der Waals surface area contributed by atoms with Crippen molar-refractivity contribution in [3.8, 4) is 5.75 Å². The lowest BCUT2D eigenvalue weighted by molar-refractivity contribution is 0.0472. The van der Waals surface area contributed by atoms with Crippen LogP contribution in [-0.4, -0.2) is 11.1 Å². The zero-order valence-corrected chi connectivity index (χ0v) is 10.9. The molecule has 0 aliphatic heterocycles. The van der Waals surface area contributed by atoms with Crippen molar-refractivity contribution in [1.82, 2.24) is 0 Å². The number of phenolic OH excluding ortho intramolecular Hbond substituents is 1. The van der Waals surface area contributed by atoms with Crippen molar-refractivity contribution in [3.63, 3.8) is 0 Å². The summed E-state index contributed by atoms with van der Waals surface area (Å²) in [6.45, 7) is 1.52. The summed E-state index contributed by atoms with van der Waals surface area (Å²) in [6.07, 6.45) is 0. The second-order valence-corrected chi connectivity index (χ2v) is 4.42. The van der Waals surface area contributed by atoms with Crippen molar-refractivity contribution < 1.29 is 19.0 Å². The number of carbonyl (C=O) groups is 1. The number of phenols is 1. The maximum absolute atomic E-state index is 13.5. The Labute approximate surface area is 115 Å². The van der Waals surface area contributed by atoms with Crippen LogP contribution in [-0.2, 0) is 11.3 Å². The van der Waals surface area contributed by atoms with E-state index in [1.165, 1.54) is 25.1 Å². The number of benzene rings is 2. The number of hydrogen-bond acceptors (Lipinski definition) is 4. The van der Waals surface area contributed by atoms with Crippen molar-refractivity contribution in [2.75, 3.05) is 5.73 Å². The molecule has 0 aromatic heterocycles. The van der Waals surface area contributed by atoms with E-state index in [4.69, 9.17) is 10.5 Å². The molecule has 104 valence electrons. The first-order valence-corrected chi connectivity index (χ1v) is 5.98. The Morgan fingerprint density at radius 1 is 1.35 bits per heavy atom. The molecule has 0 atom stereocenters. The molecule has 0 radical (unpaired) electrons. The third-order valence-electron chi connectivity index (χ3n) is 2.90. The minimum absolute atomic E-state index is 0.0113. The minimum Gasteiger partial charge on any atom is -0.508 e. The van der Waals surface area contributed by atoms with Crippen LogP contribution in [0.4, 0.5) is 10.1 Å². The van der Waals surface area contributed by atoms with Crippen LogP contribution in [0.15, 0.2) is 36.4 Å². The molecule has 4 nitrogen and oxygen atoms in total. The van der Waals surface area contributed by atoms with E-state index in [0.29, 0.717) is 11.1 Å². The van der Waals surface area contributed by atoms with Crippen molar-refractivity contribution in [3.05, 3.63) is 58.9 Å². The Morgan fingerprint density at radius 2 is 2.10 bits per heavy atom. The quantitative estimate of drug-likeness (QED) is 0.667. The second-order valence-electron chi connectivity index (χ2n) is 4.42. The highest BCUT2D eigenvalue weighted by Gasteiger charge is 2.12. The zero-order chi connectivity index (χ0) is 14.7. The normalized spacial score (nSPS) is 10.3. The van der Waals surface area contributed by atoms with Crippen LogP contribution in [0, 0.1) is 12.7 Å². The fraction of sp³-hybridized carbons (Fsp3) is 0.133. The molecule has 0 fully saturated rings. The standard InChI is InChI=1S/C15H14FNO3/c1-9-13(16)6-11(7-14(9)17)15(19)20-8-10-3-2-4-12(18)5-10/h2-7,18H,8,17H2,1H3. The number of aromatic hydroxyl groups is 1. The molecule has 2 aromatic rings. The molecule has 2 rings (SSSR count). The first-order valence-electron chi connectivity index (χ1n) is 5.98. The first-order chi connectivity index (χ1) is 9.47. The summed E-state index contributed by atoms with van der Waals surface area (Å²) < 4.78 is 18.5. The van der Waals surface area contributed by atoms with Crippen molar-refractivity contribution in [2.24, 2.45) is 0 Å². The molecule has 5 heteroatoms. The Balaban J connectivity index is 2.09. The van der Waals surface area contributed by atoms with Gasteiger partial charge in [-0.25, -0.2) is 9.18 Å². The predicted molar refractivity (Wildman–Crippen MR) is 72.8 cm³/mol. The maximum atomic E-state index is 13.5. The fourth-order valence-corrected chi connectivity index (χ4v) is 1.70. The van der Waals surface area contributed by atoms with Gasteiger partial charge in [0.25, 0.3) is 0 Å². The molecule has 0 saturated carbocycles. The van der Waals surface area contributed by atoms with Gasteiger partial charge in [-0.05, 0) is 36.8 Å². The Hall–Kier alpha value is -2.56. The first kappa shape index (κ1) is 13.9. The summed E-state index contributed by atoms with van der Waals surface area (Å²) in [5.74, 6) is -1.13. The van der Waals surface area contributed by atoms with E-state index in [0.717, 1.165) is 6.07 Å². The van der Waals surface area contributed by atoms with Gasteiger partial charge in [-0.2, -0.15) is 0 Å². The molecule has 0 saturated heterocycles. The number of nitrogen functional groups attached to an aromatic ring is 1. The van der Waals surface area contributed by atoms with Gasteiger partial charge in [0.05, 0.1) is 5.56 Å². The average Bonchev–Trinajstić information content (AvgIpc) is 2.41. The predicted octanol–water partition coefficient (Wildman–Crippen LogP) is 2.78. The number of halogens is 1. The Bertz CT molecular complexity index is 632. The summed E-state index contributed by atoms with van der Waals surface area (Å²) in [5, 5.41) is 9.29. The average molecular weight is 275 g/mol. The van der Waals surface area contributed by atoms with Crippen LogP contribution >= 0.6 is 0 Å². The molecule has 0 amide bonds. The third-order valence-corrected chi connectivity index (χ3v) is 2.90. The lowest BCUT2D eigenvalue weighted by atomic mass is 10.1. The van der Waals surface area contributed by atoms with E-state index >= 15 is 0 Å². The number of esters is 1. The number of nitrogens with two attached hydrogens (primary N) is 1. The number of rotatable bonds is 3. The molecular weight excluding hydrogens is 261 g/mol. The van der Waals surface area contributed by atoms with Gasteiger partial charge in [0, 0.05) is 11.3 Å². The van der Waals surface area contributed by atoms with E-state index in [1.54, 1.807) is 12.1 Å². The SMILES string of the molecule is Cc1c(N)cc(C(=O)OCc2cccc(O)c2)cc1F. The molecule has 0 aliphatic carbocycles. The molecule has 3 N–H and O–H groups in total. The fourth-order valence-electron chi connectivity index (χ4n) is 1.70. The second kappa shape index (κ2) is 5.61. The molecular formula is C15H14FNO3. The maximum Gasteiger partial charge on any atom is 0.338 e. The topological polar surface area (TPSA) is 72.6 Å². The van der Waals surface area contributed by atoms with Crippen molar-refractivity contribution in [1.29, 1.82) is 0 Å². The van der Waals surface area contributed by atoms with Crippen LogP contribution in [0.25, 0.3) is 0 Å². The lowest BCUT2D eigenvalue weighted by Crippen LogP contribution is -2.07. The summed E-state index contributed by atoms with van der Waals surface area (Å²) in [7, 11) is 0. The highest BCUT2D eigenvalue weighted by molar-refractivity contribution is 5.90. The molecule has 0 unspecified atom stereocenters. The number of carbonyl (C=O) groups excluding carboxylic acids is 1. The van der Waals surface area contributed by atoms with E-state index in [1.807, 2.05) is 0 Å². The summed E-state index contributed by atoms with van der Waals surface area (Å²) in [6, 6.07) is 8.82. The van der Waals surface area contributed by atoms with E-state index in [-0.39, 0.29) is 23.6 Å². The third kappa shape index (κ3) is 3.06. The van der Waals surface area contributed by atoms with Gasteiger partial charge in [0.15, 0.2) is 0 Å². The molecule has 2 aromatic carbocycles. The highest BCUT2D eigenvalue weighted by Crippen LogP contribution is 2.19. The number of ether oxygens (including phenoxy) is 1.